The first-order chi connectivity index (χ1) is 9.93. The molecule has 0 unspecified atom stereocenters. The quantitative estimate of drug-likeness (QED) is 0.573. The summed E-state index contributed by atoms with van der Waals surface area (Å²) in [7, 11) is 0. The Morgan fingerprint density at radius 1 is 1.33 bits per heavy atom. The van der Waals surface area contributed by atoms with Crippen LogP contribution in [0, 0.1) is 27.3 Å². The van der Waals surface area contributed by atoms with E-state index in [9.17, 15) is 14.5 Å². The highest BCUT2D eigenvalue weighted by atomic mass is 79.9. The van der Waals surface area contributed by atoms with E-state index in [2.05, 4.69) is 15.9 Å². The lowest BCUT2D eigenvalue weighted by molar-refractivity contribution is -0.384. The number of rotatable bonds is 3. The van der Waals surface area contributed by atoms with Gasteiger partial charge in [0, 0.05) is 12.1 Å². The number of nitrogens with zero attached hydrogens (tertiary/aromatic N) is 2. The lowest BCUT2D eigenvalue weighted by Crippen LogP contribution is -1.93. The number of non-ortho nitro benzene ring substituents is 1. The fourth-order valence-electron chi connectivity index (χ4n) is 1.50. The zero-order valence-corrected chi connectivity index (χ0v) is 12.5. The third kappa shape index (κ3) is 3.12. The maximum atomic E-state index is 14.0. The molecule has 5 nitrogen and oxygen atoms in total. The molecule has 0 spiro atoms. The minimum atomic E-state index is -0.761. The van der Waals surface area contributed by atoms with Crippen LogP contribution >= 0.6 is 27.5 Å². The van der Waals surface area contributed by atoms with E-state index in [1.54, 1.807) is 0 Å². The molecule has 106 valence electrons. The van der Waals surface area contributed by atoms with Crippen molar-refractivity contribution in [2.24, 2.45) is 0 Å². The smallest absolute Gasteiger partial charge is 0.271 e. The molecule has 0 fully saturated rings. The standard InChI is InChI=1S/C13H5BrClFN2O3/c14-12-7(6-17)1-3-11(13(12)16)21-10-4-2-8(18(19)20)5-9(10)15/h1-5H. The Bertz CT molecular complexity index is 777. The topological polar surface area (TPSA) is 76.2 Å². The summed E-state index contributed by atoms with van der Waals surface area (Å²) in [6.45, 7) is 0. The molecule has 2 rings (SSSR count). The van der Waals surface area contributed by atoms with Gasteiger partial charge in [0.2, 0.25) is 0 Å². The van der Waals surface area contributed by atoms with Gasteiger partial charge in [0.1, 0.15) is 11.8 Å². The van der Waals surface area contributed by atoms with E-state index in [-0.39, 0.29) is 32.2 Å². The maximum absolute atomic E-state index is 14.0. The second kappa shape index (κ2) is 6.08. The predicted octanol–water partition coefficient (Wildman–Crippen LogP) is 4.81. The molecule has 0 saturated carbocycles. The van der Waals surface area contributed by atoms with E-state index < -0.39 is 10.7 Å². The maximum Gasteiger partial charge on any atom is 0.271 e. The number of halogens is 3. The Balaban J connectivity index is 2.37. The molecule has 0 aliphatic rings. The molecular weight excluding hydrogens is 367 g/mol. The van der Waals surface area contributed by atoms with Crippen molar-refractivity contribution in [2.75, 3.05) is 0 Å². The number of hydrogen-bond acceptors (Lipinski definition) is 4. The molecule has 0 radical (unpaired) electrons. The average Bonchev–Trinajstić information content (AvgIpc) is 2.45. The largest absolute Gasteiger partial charge is 0.453 e. The van der Waals surface area contributed by atoms with E-state index in [0.29, 0.717) is 0 Å². The van der Waals surface area contributed by atoms with Crippen LogP contribution in [0.1, 0.15) is 5.56 Å². The first-order valence-electron chi connectivity index (χ1n) is 5.44. The number of benzene rings is 2. The van der Waals surface area contributed by atoms with Gasteiger partial charge in [-0.15, -0.1) is 0 Å². The lowest BCUT2D eigenvalue weighted by atomic mass is 10.2. The van der Waals surface area contributed by atoms with Crippen molar-refractivity contribution in [1.29, 1.82) is 5.26 Å². The molecule has 0 heterocycles. The summed E-state index contributed by atoms with van der Waals surface area (Å²) in [6.07, 6.45) is 0. The third-order valence-corrected chi connectivity index (χ3v) is 3.58. The van der Waals surface area contributed by atoms with E-state index in [0.717, 1.165) is 6.07 Å². The fourth-order valence-corrected chi connectivity index (χ4v) is 2.13. The van der Waals surface area contributed by atoms with Crippen molar-refractivity contribution in [3.05, 3.63) is 61.3 Å². The van der Waals surface area contributed by atoms with Crippen molar-refractivity contribution in [1.82, 2.24) is 0 Å². The van der Waals surface area contributed by atoms with Crippen LogP contribution in [-0.4, -0.2) is 4.92 Å². The summed E-state index contributed by atoms with van der Waals surface area (Å²) in [5.74, 6) is -0.849. The zero-order valence-electron chi connectivity index (χ0n) is 10.1. The van der Waals surface area contributed by atoms with E-state index >= 15 is 0 Å². The highest BCUT2D eigenvalue weighted by molar-refractivity contribution is 9.10. The summed E-state index contributed by atoms with van der Waals surface area (Å²) in [5, 5.41) is 19.4. The van der Waals surface area contributed by atoms with Gasteiger partial charge in [0.25, 0.3) is 5.69 Å². The molecule has 2 aromatic rings. The number of nitro groups is 1. The van der Waals surface area contributed by atoms with Crippen LogP contribution in [0.4, 0.5) is 10.1 Å². The third-order valence-electron chi connectivity index (χ3n) is 2.51. The normalized spacial score (nSPS) is 10.0. The van der Waals surface area contributed by atoms with Crippen molar-refractivity contribution in [3.8, 4) is 17.6 Å². The molecule has 0 aliphatic carbocycles. The Kier molecular flexibility index (Phi) is 4.40. The molecule has 0 bridgehead atoms. The Labute approximate surface area is 131 Å². The molecule has 2 aromatic carbocycles. The zero-order chi connectivity index (χ0) is 15.6. The second-order valence-electron chi connectivity index (χ2n) is 3.82. The number of ether oxygens (including phenoxy) is 1. The van der Waals surface area contributed by atoms with E-state index in [1.165, 1.54) is 24.3 Å². The van der Waals surface area contributed by atoms with Crippen LogP contribution in [0.2, 0.25) is 5.02 Å². The van der Waals surface area contributed by atoms with Gasteiger partial charge in [-0.05, 0) is 34.1 Å². The van der Waals surface area contributed by atoms with E-state index in [4.69, 9.17) is 21.6 Å². The molecular formula is C13H5BrClFN2O3. The summed E-state index contributed by atoms with van der Waals surface area (Å²) in [4.78, 5) is 10.00. The monoisotopic (exact) mass is 370 g/mol. The van der Waals surface area contributed by atoms with E-state index in [1.807, 2.05) is 6.07 Å². The predicted molar refractivity (Wildman–Crippen MR) is 77.0 cm³/mol. The van der Waals surface area contributed by atoms with Gasteiger partial charge in [-0.2, -0.15) is 5.26 Å². The van der Waals surface area contributed by atoms with Gasteiger partial charge < -0.3 is 4.74 Å². The van der Waals surface area contributed by atoms with Crippen molar-refractivity contribution in [3.63, 3.8) is 0 Å². The van der Waals surface area contributed by atoms with Crippen LogP contribution in [0.3, 0.4) is 0 Å². The van der Waals surface area contributed by atoms with Crippen LogP contribution in [-0.2, 0) is 0 Å². The van der Waals surface area contributed by atoms with Crippen LogP contribution < -0.4 is 4.74 Å². The van der Waals surface area contributed by atoms with Crippen LogP contribution in [0.15, 0.2) is 34.8 Å². The molecule has 0 aliphatic heterocycles. The van der Waals surface area contributed by atoms with Crippen LogP contribution in [0.25, 0.3) is 0 Å². The SMILES string of the molecule is N#Cc1ccc(Oc2ccc([N+](=O)[O-])cc2Cl)c(F)c1Br. The van der Waals surface area contributed by atoms with Gasteiger partial charge in [-0.3, -0.25) is 10.1 Å². The first kappa shape index (κ1) is 15.2. The number of nitriles is 1. The lowest BCUT2D eigenvalue weighted by Gasteiger charge is -2.09. The van der Waals surface area contributed by atoms with Crippen molar-refractivity contribution in [2.45, 2.75) is 0 Å². The van der Waals surface area contributed by atoms with Gasteiger partial charge in [-0.1, -0.05) is 11.6 Å². The Morgan fingerprint density at radius 2 is 2.00 bits per heavy atom. The van der Waals surface area contributed by atoms with Crippen LogP contribution in [0.5, 0.6) is 11.5 Å². The Hall–Kier alpha value is -2.17. The van der Waals surface area contributed by atoms with Gasteiger partial charge >= 0.3 is 0 Å². The van der Waals surface area contributed by atoms with Gasteiger partial charge in [0.05, 0.1) is 20.0 Å². The molecule has 0 N–H and O–H groups in total. The second-order valence-corrected chi connectivity index (χ2v) is 5.03. The summed E-state index contributed by atoms with van der Waals surface area (Å²) in [6, 6.07) is 8.03. The molecule has 0 amide bonds. The molecule has 0 aromatic heterocycles. The van der Waals surface area contributed by atoms with Crippen molar-refractivity contribution >= 4 is 33.2 Å². The molecule has 21 heavy (non-hydrogen) atoms. The number of hydrogen-bond donors (Lipinski definition) is 0. The highest BCUT2D eigenvalue weighted by Crippen LogP contribution is 2.35. The Morgan fingerprint density at radius 3 is 2.57 bits per heavy atom. The minimum Gasteiger partial charge on any atom is -0.453 e. The first-order valence-corrected chi connectivity index (χ1v) is 6.61. The van der Waals surface area contributed by atoms with Gasteiger partial charge in [0.15, 0.2) is 11.6 Å². The fraction of sp³-hybridized carbons (Fsp3) is 0. The minimum absolute atomic E-state index is 0.0240. The highest BCUT2D eigenvalue weighted by Gasteiger charge is 2.16. The molecule has 0 saturated heterocycles. The summed E-state index contributed by atoms with van der Waals surface area (Å²) < 4.78 is 19.3. The summed E-state index contributed by atoms with van der Waals surface area (Å²) >= 11 is 8.81. The summed E-state index contributed by atoms with van der Waals surface area (Å²) in [5.41, 5.74) is -0.0801. The average molecular weight is 372 g/mol. The molecule has 8 heteroatoms. The number of nitro benzene ring substituents is 1. The molecule has 0 atom stereocenters. The van der Waals surface area contributed by atoms with Gasteiger partial charge in [-0.25, -0.2) is 4.39 Å². The van der Waals surface area contributed by atoms with Crippen molar-refractivity contribution < 1.29 is 14.1 Å².